The van der Waals surface area contributed by atoms with E-state index in [0.29, 0.717) is 11.0 Å². The summed E-state index contributed by atoms with van der Waals surface area (Å²) in [6.07, 6.45) is -2.72. The fraction of sp³-hybridized carbons (Fsp3) is 0.769. The maximum Gasteiger partial charge on any atom is 0.434 e. The van der Waals surface area contributed by atoms with Gasteiger partial charge < -0.3 is 10.1 Å². The molecule has 0 radical (unpaired) electrons. The molecule has 3 nitrogen and oxygen atoms in total. The van der Waals surface area contributed by atoms with Crippen LogP contribution in [-0.2, 0) is 17.5 Å². The summed E-state index contributed by atoms with van der Waals surface area (Å²) in [5.41, 5.74) is -0.770. The standard InChI is InChI=1S/C13H19F3N2OS/c1-7(2)10(19-3)12-18-11(13(14,15)16)9(20-12)6-17-8-4-5-8/h7-8,10,17H,4-6H2,1-3H3. The van der Waals surface area contributed by atoms with Gasteiger partial charge >= 0.3 is 6.18 Å². The average molecular weight is 308 g/mol. The van der Waals surface area contributed by atoms with Crippen LogP contribution in [0.3, 0.4) is 0 Å². The van der Waals surface area contributed by atoms with E-state index in [1.807, 2.05) is 13.8 Å². The highest BCUT2D eigenvalue weighted by molar-refractivity contribution is 7.11. The van der Waals surface area contributed by atoms with Gasteiger partial charge in [0, 0.05) is 19.7 Å². The zero-order valence-electron chi connectivity index (χ0n) is 11.8. The highest BCUT2D eigenvalue weighted by Crippen LogP contribution is 2.38. The van der Waals surface area contributed by atoms with Crippen LogP contribution >= 0.6 is 11.3 Å². The molecule has 1 aliphatic carbocycles. The quantitative estimate of drug-likeness (QED) is 0.869. The van der Waals surface area contributed by atoms with Crippen LogP contribution in [0.1, 0.15) is 48.4 Å². The normalized spacial score (nSPS) is 17.8. The van der Waals surface area contributed by atoms with Crippen molar-refractivity contribution in [1.29, 1.82) is 0 Å². The topological polar surface area (TPSA) is 34.1 Å². The van der Waals surface area contributed by atoms with Gasteiger partial charge in [0.25, 0.3) is 0 Å². The lowest BCUT2D eigenvalue weighted by Gasteiger charge is -2.16. The molecule has 1 fully saturated rings. The Morgan fingerprint density at radius 2 is 2.05 bits per heavy atom. The summed E-state index contributed by atoms with van der Waals surface area (Å²) in [4.78, 5) is 4.05. The molecule has 1 aliphatic rings. The number of thiazole rings is 1. The number of alkyl halides is 3. The van der Waals surface area contributed by atoms with Gasteiger partial charge in [-0.1, -0.05) is 13.8 Å². The van der Waals surface area contributed by atoms with Gasteiger partial charge in [0.05, 0.1) is 4.88 Å². The van der Waals surface area contributed by atoms with Crippen LogP contribution < -0.4 is 5.32 Å². The summed E-state index contributed by atoms with van der Waals surface area (Å²) in [6.45, 7) is 4.04. The van der Waals surface area contributed by atoms with E-state index in [1.54, 1.807) is 0 Å². The first-order valence-corrected chi connectivity index (χ1v) is 7.47. The Balaban J connectivity index is 2.25. The predicted octanol–water partition coefficient (Wildman–Crippen LogP) is 3.76. The third kappa shape index (κ3) is 3.71. The van der Waals surface area contributed by atoms with E-state index in [2.05, 4.69) is 10.3 Å². The number of hydrogen-bond acceptors (Lipinski definition) is 4. The van der Waals surface area contributed by atoms with Crippen molar-refractivity contribution in [3.8, 4) is 0 Å². The molecule has 1 unspecified atom stereocenters. The zero-order chi connectivity index (χ0) is 14.9. The molecule has 1 saturated carbocycles. The summed E-state index contributed by atoms with van der Waals surface area (Å²) in [5, 5.41) is 3.52. The van der Waals surface area contributed by atoms with E-state index in [0.717, 1.165) is 24.2 Å². The van der Waals surface area contributed by atoms with Crippen LogP contribution in [0.25, 0.3) is 0 Å². The summed E-state index contributed by atoms with van der Waals surface area (Å²) in [7, 11) is 1.50. The number of nitrogens with one attached hydrogen (secondary N) is 1. The zero-order valence-corrected chi connectivity index (χ0v) is 12.6. The summed E-state index contributed by atoms with van der Waals surface area (Å²) >= 11 is 1.10. The Kier molecular flexibility index (Phi) is 4.71. The Bertz CT molecular complexity index is 455. The minimum atomic E-state index is -4.41. The third-order valence-electron chi connectivity index (χ3n) is 3.21. The van der Waals surface area contributed by atoms with Gasteiger partial charge in [-0.3, -0.25) is 0 Å². The van der Waals surface area contributed by atoms with Crippen molar-refractivity contribution in [1.82, 2.24) is 10.3 Å². The van der Waals surface area contributed by atoms with Crippen LogP contribution in [0.2, 0.25) is 0 Å². The van der Waals surface area contributed by atoms with Gasteiger partial charge in [0.1, 0.15) is 11.1 Å². The number of halogens is 3. The molecule has 1 aromatic heterocycles. The Hall–Kier alpha value is -0.660. The van der Waals surface area contributed by atoms with Gasteiger partial charge in [0.15, 0.2) is 5.69 Å². The first-order chi connectivity index (χ1) is 9.32. The predicted molar refractivity (Wildman–Crippen MR) is 71.6 cm³/mol. The van der Waals surface area contributed by atoms with Crippen molar-refractivity contribution in [2.24, 2.45) is 5.92 Å². The minimum absolute atomic E-state index is 0.0801. The van der Waals surface area contributed by atoms with Crippen molar-refractivity contribution < 1.29 is 17.9 Å². The maximum atomic E-state index is 13.0. The number of methoxy groups -OCH3 is 1. The van der Waals surface area contributed by atoms with E-state index >= 15 is 0 Å². The highest BCUT2D eigenvalue weighted by Gasteiger charge is 2.38. The van der Waals surface area contributed by atoms with Crippen molar-refractivity contribution in [3.63, 3.8) is 0 Å². The second-order valence-corrected chi connectivity index (χ2v) is 6.49. The molecule has 1 atom stereocenters. The molecule has 7 heteroatoms. The van der Waals surface area contributed by atoms with Gasteiger partial charge in [-0.15, -0.1) is 11.3 Å². The molecular weight excluding hydrogens is 289 g/mol. The van der Waals surface area contributed by atoms with Gasteiger partial charge in [-0.05, 0) is 18.8 Å². The molecule has 0 bridgehead atoms. The number of rotatable bonds is 6. The summed E-state index contributed by atoms with van der Waals surface area (Å²) in [6, 6.07) is 0.366. The number of aromatic nitrogens is 1. The SMILES string of the molecule is COC(c1nc(C(F)(F)F)c(CNC2CC2)s1)C(C)C. The molecule has 0 aromatic carbocycles. The van der Waals surface area contributed by atoms with E-state index in [1.165, 1.54) is 7.11 Å². The van der Waals surface area contributed by atoms with E-state index < -0.39 is 18.0 Å². The van der Waals surface area contributed by atoms with Crippen LogP contribution in [0.15, 0.2) is 0 Å². The van der Waals surface area contributed by atoms with Crippen molar-refractivity contribution in [3.05, 3.63) is 15.6 Å². The van der Waals surface area contributed by atoms with Crippen LogP contribution in [0, 0.1) is 5.92 Å². The molecule has 0 aliphatic heterocycles. The Labute approximate surface area is 120 Å². The monoisotopic (exact) mass is 308 g/mol. The lowest BCUT2D eigenvalue weighted by atomic mass is 10.1. The smallest absolute Gasteiger partial charge is 0.374 e. The van der Waals surface area contributed by atoms with Crippen molar-refractivity contribution in [2.45, 2.75) is 51.6 Å². The molecule has 0 spiro atoms. The van der Waals surface area contributed by atoms with Crippen LogP contribution in [0.5, 0.6) is 0 Å². The second kappa shape index (κ2) is 5.99. The number of nitrogens with zero attached hydrogens (tertiary/aromatic N) is 1. The fourth-order valence-electron chi connectivity index (χ4n) is 2.02. The van der Waals surface area contributed by atoms with E-state index in [-0.39, 0.29) is 17.3 Å². The van der Waals surface area contributed by atoms with Gasteiger partial charge in [-0.2, -0.15) is 13.2 Å². The number of hydrogen-bond donors (Lipinski definition) is 1. The van der Waals surface area contributed by atoms with E-state index in [4.69, 9.17) is 4.74 Å². The molecule has 114 valence electrons. The van der Waals surface area contributed by atoms with E-state index in [9.17, 15) is 13.2 Å². The van der Waals surface area contributed by atoms with Crippen molar-refractivity contribution >= 4 is 11.3 Å². The van der Waals surface area contributed by atoms with Gasteiger partial charge in [0.2, 0.25) is 0 Å². The van der Waals surface area contributed by atoms with Crippen molar-refractivity contribution in [2.75, 3.05) is 7.11 Å². The summed E-state index contributed by atoms with van der Waals surface area (Å²) in [5.74, 6) is 0.0801. The minimum Gasteiger partial charge on any atom is -0.374 e. The molecule has 20 heavy (non-hydrogen) atoms. The lowest BCUT2D eigenvalue weighted by Crippen LogP contribution is -2.18. The molecule has 2 rings (SSSR count). The average Bonchev–Trinajstić information content (AvgIpc) is 3.06. The third-order valence-corrected chi connectivity index (χ3v) is 4.33. The number of ether oxygens (including phenoxy) is 1. The fourth-order valence-corrected chi connectivity index (χ4v) is 3.30. The first kappa shape index (κ1) is 15.7. The molecular formula is C13H19F3N2OS. The molecule has 1 N–H and O–H groups in total. The summed E-state index contributed by atoms with van der Waals surface area (Å²) < 4.78 is 44.4. The Morgan fingerprint density at radius 1 is 1.40 bits per heavy atom. The van der Waals surface area contributed by atoms with Gasteiger partial charge in [-0.25, -0.2) is 4.98 Å². The maximum absolute atomic E-state index is 13.0. The molecule has 1 aromatic rings. The highest BCUT2D eigenvalue weighted by atomic mass is 32.1. The molecule has 0 saturated heterocycles. The molecule has 0 amide bonds. The van der Waals surface area contributed by atoms with Crippen LogP contribution in [-0.4, -0.2) is 18.1 Å². The Morgan fingerprint density at radius 3 is 2.50 bits per heavy atom. The molecule has 1 heterocycles. The first-order valence-electron chi connectivity index (χ1n) is 6.66. The lowest BCUT2D eigenvalue weighted by molar-refractivity contribution is -0.141. The second-order valence-electron chi connectivity index (χ2n) is 5.38. The van der Waals surface area contributed by atoms with Crippen LogP contribution in [0.4, 0.5) is 13.2 Å². The largest absolute Gasteiger partial charge is 0.434 e.